The van der Waals surface area contributed by atoms with Crippen LogP contribution in [-0.4, -0.2) is 16.4 Å². The van der Waals surface area contributed by atoms with Crippen molar-refractivity contribution >= 4 is 6.29 Å². The van der Waals surface area contributed by atoms with E-state index >= 15 is 0 Å². The second kappa shape index (κ2) is 4.60. The molecule has 1 saturated carbocycles. The van der Waals surface area contributed by atoms with E-state index in [1.807, 2.05) is 0 Å². The van der Waals surface area contributed by atoms with Crippen LogP contribution >= 0.6 is 0 Å². The smallest absolute Gasteiger partial charge is 0.229 e. The number of ether oxygens (including phenoxy) is 1. The third-order valence-electron chi connectivity index (χ3n) is 2.79. The standard InChI is InChI=1S/C13H12N2O3/c16-7-9-1-5-11(6-2-9)17-8-12-14-13(18-15-12)10-3-4-10/h1-2,5-7,10H,3-4,8H2. The quantitative estimate of drug-likeness (QED) is 0.755. The van der Waals surface area contributed by atoms with E-state index in [1.165, 1.54) is 0 Å². The van der Waals surface area contributed by atoms with E-state index in [0.717, 1.165) is 19.1 Å². The molecule has 2 aromatic rings. The lowest BCUT2D eigenvalue weighted by Gasteiger charge is -2.02. The first-order valence-electron chi connectivity index (χ1n) is 5.85. The van der Waals surface area contributed by atoms with Crippen molar-refractivity contribution in [2.75, 3.05) is 0 Å². The van der Waals surface area contributed by atoms with Crippen LogP contribution in [0, 0.1) is 0 Å². The third kappa shape index (κ3) is 2.40. The third-order valence-corrected chi connectivity index (χ3v) is 2.79. The number of rotatable bonds is 5. The van der Waals surface area contributed by atoms with Crippen molar-refractivity contribution in [3.05, 3.63) is 41.5 Å². The van der Waals surface area contributed by atoms with Crippen LogP contribution in [0.1, 0.15) is 40.8 Å². The molecule has 0 bridgehead atoms. The minimum Gasteiger partial charge on any atom is -0.485 e. The average Bonchev–Trinajstić information content (AvgIpc) is 3.16. The number of aldehydes is 1. The molecule has 1 aromatic heterocycles. The van der Waals surface area contributed by atoms with Crippen LogP contribution in [0.3, 0.4) is 0 Å². The van der Waals surface area contributed by atoms with Gasteiger partial charge in [-0.1, -0.05) is 5.16 Å². The Morgan fingerprint density at radius 3 is 2.78 bits per heavy atom. The van der Waals surface area contributed by atoms with Crippen LogP contribution in [0.4, 0.5) is 0 Å². The van der Waals surface area contributed by atoms with E-state index < -0.39 is 0 Å². The summed E-state index contributed by atoms with van der Waals surface area (Å²) in [5.74, 6) is 2.40. The first-order chi connectivity index (χ1) is 8.85. The average molecular weight is 244 g/mol. The van der Waals surface area contributed by atoms with Crippen molar-refractivity contribution in [2.24, 2.45) is 0 Å². The van der Waals surface area contributed by atoms with Crippen LogP contribution in [-0.2, 0) is 6.61 Å². The highest BCUT2D eigenvalue weighted by Crippen LogP contribution is 2.38. The monoisotopic (exact) mass is 244 g/mol. The summed E-state index contributed by atoms with van der Waals surface area (Å²) < 4.78 is 10.6. The Bertz CT molecular complexity index is 544. The Hall–Kier alpha value is -2.17. The number of carbonyl (C=O) groups is 1. The molecule has 1 aliphatic rings. The number of aromatic nitrogens is 2. The highest BCUT2D eigenvalue weighted by molar-refractivity contribution is 5.74. The van der Waals surface area contributed by atoms with Crippen molar-refractivity contribution in [1.82, 2.24) is 10.1 Å². The summed E-state index contributed by atoms with van der Waals surface area (Å²) in [6, 6.07) is 6.89. The van der Waals surface area contributed by atoms with Gasteiger partial charge in [-0.2, -0.15) is 4.98 Å². The first kappa shape index (κ1) is 11.0. The molecule has 0 radical (unpaired) electrons. The van der Waals surface area contributed by atoms with E-state index in [9.17, 15) is 4.79 Å². The van der Waals surface area contributed by atoms with Crippen LogP contribution in [0.25, 0.3) is 0 Å². The molecule has 92 valence electrons. The van der Waals surface area contributed by atoms with Crippen molar-refractivity contribution in [3.63, 3.8) is 0 Å². The summed E-state index contributed by atoms with van der Waals surface area (Å²) in [5.41, 5.74) is 0.623. The molecule has 5 heteroatoms. The van der Waals surface area contributed by atoms with Gasteiger partial charge in [0, 0.05) is 11.5 Å². The minimum atomic E-state index is 0.274. The highest BCUT2D eigenvalue weighted by Gasteiger charge is 2.29. The van der Waals surface area contributed by atoms with Gasteiger partial charge in [0.25, 0.3) is 0 Å². The molecule has 0 amide bonds. The number of hydrogen-bond acceptors (Lipinski definition) is 5. The molecule has 0 saturated heterocycles. The number of hydrogen-bond donors (Lipinski definition) is 0. The van der Waals surface area contributed by atoms with Gasteiger partial charge in [0.1, 0.15) is 12.0 Å². The van der Waals surface area contributed by atoms with Crippen molar-refractivity contribution in [3.8, 4) is 5.75 Å². The largest absolute Gasteiger partial charge is 0.485 e. The van der Waals surface area contributed by atoms with Crippen molar-refractivity contribution in [2.45, 2.75) is 25.4 Å². The zero-order valence-electron chi connectivity index (χ0n) is 9.70. The molecule has 1 fully saturated rings. The summed E-state index contributed by atoms with van der Waals surface area (Å²) in [6.07, 6.45) is 3.07. The molecule has 0 N–H and O–H groups in total. The predicted octanol–water partition coefficient (Wildman–Crippen LogP) is 2.34. The SMILES string of the molecule is O=Cc1ccc(OCc2noc(C3CC3)n2)cc1. The van der Waals surface area contributed by atoms with Gasteiger partial charge in [0.2, 0.25) is 11.7 Å². The molecule has 0 unspecified atom stereocenters. The van der Waals surface area contributed by atoms with Gasteiger partial charge in [-0.15, -0.1) is 0 Å². The van der Waals surface area contributed by atoms with Gasteiger partial charge in [-0.3, -0.25) is 4.79 Å². The second-order valence-electron chi connectivity index (χ2n) is 4.30. The molecule has 0 aliphatic heterocycles. The second-order valence-corrected chi connectivity index (χ2v) is 4.30. The Labute approximate surface area is 104 Å². The Kier molecular flexibility index (Phi) is 2.80. The molecule has 18 heavy (non-hydrogen) atoms. The van der Waals surface area contributed by atoms with E-state index in [2.05, 4.69) is 10.1 Å². The zero-order chi connectivity index (χ0) is 12.4. The molecule has 1 heterocycles. The maximum atomic E-state index is 10.5. The Balaban J connectivity index is 1.60. The molecule has 0 spiro atoms. The fraction of sp³-hybridized carbons (Fsp3) is 0.308. The Morgan fingerprint density at radius 1 is 1.33 bits per heavy atom. The molecule has 5 nitrogen and oxygen atoms in total. The number of carbonyl (C=O) groups excluding carboxylic acids is 1. The summed E-state index contributed by atoms with van der Waals surface area (Å²) in [6.45, 7) is 0.274. The lowest BCUT2D eigenvalue weighted by molar-refractivity contribution is 0.112. The van der Waals surface area contributed by atoms with Gasteiger partial charge in [-0.05, 0) is 37.1 Å². The summed E-state index contributed by atoms with van der Waals surface area (Å²) in [5, 5.41) is 3.86. The van der Waals surface area contributed by atoms with Crippen molar-refractivity contribution in [1.29, 1.82) is 0 Å². The number of benzene rings is 1. The summed E-state index contributed by atoms with van der Waals surface area (Å²) in [7, 11) is 0. The maximum Gasteiger partial charge on any atom is 0.229 e. The lowest BCUT2D eigenvalue weighted by Crippen LogP contribution is -1.97. The van der Waals surface area contributed by atoms with Gasteiger partial charge >= 0.3 is 0 Å². The first-order valence-corrected chi connectivity index (χ1v) is 5.85. The number of nitrogens with zero attached hydrogens (tertiary/aromatic N) is 2. The van der Waals surface area contributed by atoms with E-state index in [-0.39, 0.29) is 6.61 Å². The predicted molar refractivity (Wildman–Crippen MR) is 62.4 cm³/mol. The van der Waals surface area contributed by atoms with E-state index in [4.69, 9.17) is 9.26 Å². The molecular formula is C13H12N2O3. The van der Waals surface area contributed by atoms with Gasteiger partial charge < -0.3 is 9.26 Å². The Morgan fingerprint density at radius 2 is 2.11 bits per heavy atom. The fourth-order valence-corrected chi connectivity index (χ4v) is 1.61. The molecule has 1 aliphatic carbocycles. The van der Waals surface area contributed by atoms with Crippen LogP contribution in [0.2, 0.25) is 0 Å². The summed E-state index contributed by atoms with van der Waals surface area (Å²) in [4.78, 5) is 14.8. The van der Waals surface area contributed by atoms with Gasteiger partial charge in [0.15, 0.2) is 6.61 Å². The van der Waals surface area contributed by atoms with Gasteiger partial charge in [0.05, 0.1) is 0 Å². The fourth-order valence-electron chi connectivity index (χ4n) is 1.61. The normalized spacial score (nSPS) is 14.4. The lowest BCUT2D eigenvalue weighted by atomic mass is 10.2. The topological polar surface area (TPSA) is 65.2 Å². The molecule has 0 atom stereocenters. The van der Waals surface area contributed by atoms with Crippen LogP contribution in [0.15, 0.2) is 28.8 Å². The van der Waals surface area contributed by atoms with E-state index in [1.54, 1.807) is 24.3 Å². The van der Waals surface area contributed by atoms with E-state index in [0.29, 0.717) is 28.9 Å². The van der Waals surface area contributed by atoms with Crippen LogP contribution < -0.4 is 4.74 Å². The summed E-state index contributed by atoms with van der Waals surface area (Å²) >= 11 is 0. The zero-order valence-corrected chi connectivity index (χ0v) is 9.70. The van der Waals surface area contributed by atoms with Crippen molar-refractivity contribution < 1.29 is 14.1 Å². The molecule has 1 aromatic carbocycles. The maximum absolute atomic E-state index is 10.5. The highest BCUT2D eigenvalue weighted by atomic mass is 16.5. The molecular weight excluding hydrogens is 232 g/mol. The van der Waals surface area contributed by atoms with Crippen LogP contribution in [0.5, 0.6) is 5.75 Å². The minimum absolute atomic E-state index is 0.274. The van der Waals surface area contributed by atoms with Gasteiger partial charge in [-0.25, -0.2) is 0 Å². The molecule has 3 rings (SSSR count).